The predicted octanol–water partition coefficient (Wildman–Crippen LogP) is 0.679. The fourth-order valence-electron chi connectivity index (χ4n) is 3.43. The van der Waals surface area contributed by atoms with Crippen molar-refractivity contribution in [2.45, 2.75) is 13.5 Å². The first kappa shape index (κ1) is 20.2. The molecule has 1 aliphatic heterocycles. The van der Waals surface area contributed by atoms with Crippen LogP contribution in [0.5, 0.6) is 0 Å². The van der Waals surface area contributed by atoms with E-state index >= 15 is 0 Å². The Bertz CT molecular complexity index is 1120. The summed E-state index contributed by atoms with van der Waals surface area (Å²) in [6, 6.07) is 8.90. The van der Waals surface area contributed by atoms with E-state index in [1.165, 1.54) is 17.8 Å². The van der Waals surface area contributed by atoms with Gasteiger partial charge in [-0.15, -0.1) is 15.3 Å². The highest BCUT2D eigenvalue weighted by Gasteiger charge is 2.24. The number of amides is 2. The molecule has 3 aromatic rings. The zero-order chi connectivity index (χ0) is 21.8. The molecular weight excluding hydrogens is 400 g/mol. The Hall–Kier alpha value is -4.11. The van der Waals surface area contributed by atoms with Gasteiger partial charge in [0.2, 0.25) is 11.7 Å². The molecule has 31 heavy (non-hydrogen) atoms. The Kier molecular flexibility index (Phi) is 5.67. The fraction of sp³-hybridized carbons (Fsp3) is 0.316. The molecule has 2 N–H and O–H groups in total. The van der Waals surface area contributed by atoms with E-state index in [0.717, 1.165) is 11.1 Å². The number of anilines is 1. The van der Waals surface area contributed by atoms with Crippen LogP contribution in [-0.2, 0) is 11.3 Å². The minimum absolute atomic E-state index is 0.234. The van der Waals surface area contributed by atoms with E-state index < -0.39 is 0 Å². The molecule has 0 spiro atoms. The number of carbonyl (C=O) groups excluding carboxylic acids is 2. The number of hydrogen-bond donors (Lipinski definition) is 2. The van der Waals surface area contributed by atoms with Gasteiger partial charge in [0, 0.05) is 57.5 Å². The molecule has 12 nitrogen and oxygen atoms in total. The van der Waals surface area contributed by atoms with Crippen LogP contribution in [0.1, 0.15) is 18.1 Å². The number of carbonyl (C=O) groups is 2. The lowest BCUT2D eigenvalue weighted by atomic mass is 10.0. The van der Waals surface area contributed by atoms with E-state index in [4.69, 9.17) is 0 Å². The van der Waals surface area contributed by atoms with Crippen molar-refractivity contribution in [3.63, 3.8) is 0 Å². The molecule has 1 fully saturated rings. The molecular formula is C19H20N10O2. The first-order chi connectivity index (χ1) is 15.0. The van der Waals surface area contributed by atoms with Gasteiger partial charge in [-0.2, -0.15) is 15.2 Å². The van der Waals surface area contributed by atoms with E-state index in [2.05, 4.69) is 42.0 Å². The largest absolute Gasteiger partial charge is 0.344 e. The normalized spacial score (nSPS) is 14.3. The van der Waals surface area contributed by atoms with E-state index in [1.54, 1.807) is 23.1 Å². The molecule has 12 heteroatoms. The lowest BCUT2D eigenvalue weighted by Crippen LogP contribution is -2.49. The van der Waals surface area contributed by atoms with Crippen molar-refractivity contribution in [3.05, 3.63) is 41.6 Å². The summed E-state index contributed by atoms with van der Waals surface area (Å²) in [5.74, 6) is 0.540. The molecule has 2 amide bonds. The number of nitriles is 1. The maximum Gasteiger partial charge on any atom is 0.344 e. The summed E-state index contributed by atoms with van der Waals surface area (Å²) in [7, 11) is 0. The number of piperazine rings is 1. The van der Waals surface area contributed by atoms with Crippen molar-refractivity contribution in [2.75, 3.05) is 31.5 Å². The molecule has 0 saturated carbocycles. The van der Waals surface area contributed by atoms with Crippen LogP contribution < -0.4 is 5.32 Å². The Morgan fingerprint density at radius 2 is 2.03 bits per heavy atom. The summed E-state index contributed by atoms with van der Waals surface area (Å²) in [5, 5.41) is 30.0. The molecule has 0 bridgehead atoms. The summed E-state index contributed by atoms with van der Waals surface area (Å²) in [6.07, 6.45) is 1.54. The van der Waals surface area contributed by atoms with Gasteiger partial charge in [-0.05, 0) is 22.9 Å². The van der Waals surface area contributed by atoms with E-state index in [1.807, 2.05) is 6.07 Å². The fourth-order valence-corrected chi connectivity index (χ4v) is 3.43. The minimum atomic E-state index is -0.241. The van der Waals surface area contributed by atoms with Crippen LogP contribution in [0, 0.1) is 11.3 Å². The smallest absolute Gasteiger partial charge is 0.320 e. The summed E-state index contributed by atoms with van der Waals surface area (Å²) >= 11 is 0. The molecule has 1 aliphatic rings. The molecule has 0 atom stereocenters. The third-order valence-corrected chi connectivity index (χ3v) is 4.95. The topological polar surface area (TPSA) is 149 Å². The molecule has 2 aromatic heterocycles. The highest BCUT2D eigenvalue weighted by Crippen LogP contribution is 2.23. The van der Waals surface area contributed by atoms with Gasteiger partial charge >= 0.3 is 6.03 Å². The second-order valence-corrected chi connectivity index (χ2v) is 7.09. The van der Waals surface area contributed by atoms with Crippen LogP contribution >= 0.6 is 0 Å². The van der Waals surface area contributed by atoms with Crippen LogP contribution in [0.4, 0.5) is 10.6 Å². The highest BCUT2D eigenvalue weighted by molar-refractivity contribution is 5.88. The molecule has 0 radical (unpaired) electrons. The van der Waals surface area contributed by atoms with Crippen LogP contribution in [-0.4, -0.2) is 78.3 Å². The second kappa shape index (κ2) is 8.72. The average molecular weight is 420 g/mol. The van der Waals surface area contributed by atoms with Gasteiger partial charge in [0.05, 0.1) is 11.6 Å². The van der Waals surface area contributed by atoms with Gasteiger partial charge < -0.3 is 10.2 Å². The Morgan fingerprint density at radius 1 is 1.23 bits per heavy atom. The van der Waals surface area contributed by atoms with Crippen molar-refractivity contribution in [1.82, 2.24) is 40.2 Å². The number of benzene rings is 1. The number of hydrogen-bond acceptors (Lipinski definition) is 8. The zero-order valence-corrected chi connectivity index (χ0v) is 16.8. The zero-order valence-electron chi connectivity index (χ0n) is 16.8. The Morgan fingerprint density at radius 3 is 2.71 bits per heavy atom. The maximum absolute atomic E-state index is 12.7. The van der Waals surface area contributed by atoms with Crippen LogP contribution in [0.25, 0.3) is 11.4 Å². The molecule has 0 unspecified atom stereocenters. The van der Waals surface area contributed by atoms with Crippen LogP contribution in [0.3, 0.4) is 0 Å². The molecule has 4 rings (SSSR count). The van der Waals surface area contributed by atoms with Crippen molar-refractivity contribution < 1.29 is 9.59 Å². The molecule has 158 valence electrons. The summed E-state index contributed by atoms with van der Waals surface area (Å²) in [5.41, 5.74) is 2.26. The lowest BCUT2D eigenvalue weighted by Gasteiger charge is -2.34. The van der Waals surface area contributed by atoms with Crippen LogP contribution in [0.15, 0.2) is 30.5 Å². The number of tetrazole rings is 1. The number of rotatable bonds is 4. The second-order valence-electron chi connectivity index (χ2n) is 7.09. The minimum Gasteiger partial charge on any atom is -0.320 e. The predicted molar refractivity (Wildman–Crippen MR) is 109 cm³/mol. The van der Waals surface area contributed by atoms with Crippen molar-refractivity contribution >= 4 is 17.8 Å². The molecule has 1 saturated heterocycles. The van der Waals surface area contributed by atoms with Crippen LogP contribution in [0.2, 0.25) is 0 Å². The van der Waals surface area contributed by atoms with Crippen molar-refractivity contribution in [3.8, 4) is 17.5 Å². The third-order valence-electron chi connectivity index (χ3n) is 4.95. The summed E-state index contributed by atoms with van der Waals surface area (Å²) < 4.78 is 1.23. The Balaban J connectivity index is 1.40. The van der Waals surface area contributed by atoms with Gasteiger partial charge in [-0.1, -0.05) is 6.07 Å². The number of H-pyrrole nitrogens is 1. The van der Waals surface area contributed by atoms with Gasteiger partial charge in [0.1, 0.15) is 0 Å². The maximum atomic E-state index is 12.7. The molecule has 1 aromatic carbocycles. The average Bonchev–Trinajstić information content (AvgIpc) is 3.46. The van der Waals surface area contributed by atoms with Crippen molar-refractivity contribution in [2.24, 2.45) is 0 Å². The standard InChI is InChI=1S/C19H20N10O2/c1-13(30)21-17-4-5-29(24-17)19(31)28-8-6-27(7-9-28)12-15-3-2-14(11-20)10-16(15)18-22-25-26-23-18/h2-5,10H,6-9,12H2,1H3,(H,21,24,30)(H,22,23,25,26). The third kappa shape index (κ3) is 4.57. The van der Waals surface area contributed by atoms with E-state index in [0.29, 0.717) is 49.9 Å². The number of nitrogens with zero attached hydrogens (tertiary/aromatic N) is 8. The van der Waals surface area contributed by atoms with E-state index in [9.17, 15) is 14.9 Å². The van der Waals surface area contributed by atoms with E-state index in [-0.39, 0.29) is 11.9 Å². The van der Waals surface area contributed by atoms with Gasteiger partial charge in [-0.25, -0.2) is 4.79 Å². The van der Waals surface area contributed by atoms with Gasteiger partial charge in [-0.3, -0.25) is 9.69 Å². The summed E-state index contributed by atoms with van der Waals surface area (Å²) in [4.78, 5) is 27.8. The van der Waals surface area contributed by atoms with Gasteiger partial charge in [0.15, 0.2) is 5.82 Å². The first-order valence-electron chi connectivity index (χ1n) is 9.65. The number of aromatic amines is 1. The summed E-state index contributed by atoms with van der Waals surface area (Å²) in [6.45, 7) is 4.46. The number of nitrogens with one attached hydrogen (secondary N) is 2. The van der Waals surface area contributed by atoms with Gasteiger partial charge in [0.25, 0.3) is 0 Å². The monoisotopic (exact) mass is 420 g/mol. The lowest BCUT2D eigenvalue weighted by molar-refractivity contribution is -0.114. The Labute approximate surface area is 177 Å². The molecule has 3 heterocycles. The number of aromatic nitrogens is 6. The SMILES string of the molecule is CC(=O)Nc1ccn(C(=O)N2CCN(Cc3ccc(C#N)cc3-c3nn[nH]n3)CC2)n1. The first-order valence-corrected chi connectivity index (χ1v) is 9.65. The van der Waals surface area contributed by atoms with Crippen molar-refractivity contribution in [1.29, 1.82) is 5.26 Å². The quantitative estimate of drug-likeness (QED) is 0.626. The molecule has 0 aliphatic carbocycles. The highest BCUT2D eigenvalue weighted by atomic mass is 16.2.